The minimum Gasteiger partial charge on any atom is -0.501 e. The molecule has 0 spiro atoms. The van der Waals surface area contributed by atoms with Crippen molar-refractivity contribution in [1.82, 2.24) is 0 Å². The molecule has 22 heavy (non-hydrogen) atoms. The van der Waals surface area contributed by atoms with Crippen LogP contribution in [0.2, 0.25) is 0 Å². The minimum atomic E-state index is 0.256. The van der Waals surface area contributed by atoms with E-state index in [0.29, 0.717) is 12.0 Å². The highest BCUT2D eigenvalue weighted by molar-refractivity contribution is 5.25. The second-order valence-electron chi connectivity index (χ2n) is 8.35. The zero-order valence-electron chi connectivity index (χ0n) is 14.1. The second kappa shape index (κ2) is 5.83. The van der Waals surface area contributed by atoms with E-state index in [1.54, 1.807) is 5.57 Å². The molecule has 5 fully saturated rings. The van der Waals surface area contributed by atoms with Crippen molar-refractivity contribution in [3.8, 4) is 0 Å². The number of methoxy groups -OCH3 is 2. The lowest BCUT2D eigenvalue weighted by Crippen LogP contribution is -2.43. The second-order valence-corrected chi connectivity index (χ2v) is 8.35. The summed E-state index contributed by atoms with van der Waals surface area (Å²) in [7, 11) is 3.71. The van der Waals surface area contributed by atoms with Crippen LogP contribution >= 0.6 is 0 Å². The van der Waals surface area contributed by atoms with Crippen LogP contribution in [0.15, 0.2) is 11.3 Å². The molecule has 5 saturated carbocycles. The molecule has 4 bridgehead atoms. The van der Waals surface area contributed by atoms with Crippen LogP contribution < -0.4 is 5.73 Å². The van der Waals surface area contributed by atoms with E-state index in [2.05, 4.69) is 0 Å². The normalized spacial score (nSPS) is 46.9. The van der Waals surface area contributed by atoms with Gasteiger partial charge in [0.1, 0.15) is 0 Å². The molecule has 5 rings (SSSR count). The van der Waals surface area contributed by atoms with Crippen LogP contribution in [0.4, 0.5) is 0 Å². The van der Waals surface area contributed by atoms with Gasteiger partial charge in [-0.25, -0.2) is 0 Å². The predicted molar refractivity (Wildman–Crippen MR) is 87.2 cm³/mol. The van der Waals surface area contributed by atoms with Gasteiger partial charge in [-0.2, -0.15) is 0 Å². The summed E-state index contributed by atoms with van der Waals surface area (Å²) in [6, 6.07) is 0.256. The molecule has 0 amide bonds. The third kappa shape index (κ3) is 2.50. The fourth-order valence-corrected chi connectivity index (χ4v) is 6.33. The molecule has 3 heteroatoms. The number of hydrogen-bond donors (Lipinski definition) is 1. The van der Waals surface area contributed by atoms with Crippen molar-refractivity contribution in [2.45, 2.75) is 63.5 Å². The largest absolute Gasteiger partial charge is 0.501 e. The number of rotatable bonds is 3. The van der Waals surface area contributed by atoms with E-state index < -0.39 is 0 Å². The van der Waals surface area contributed by atoms with E-state index >= 15 is 0 Å². The number of allylic oxidation sites excluding steroid dienone is 2. The first-order valence-electron chi connectivity index (χ1n) is 9.24. The molecule has 5 aliphatic carbocycles. The lowest BCUT2D eigenvalue weighted by atomic mass is 9.53. The maximum absolute atomic E-state index is 6.30. The molecule has 0 aromatic heterocycles. The molecule has 2 N–H and O–H groups in total. The first-order valence-corrected chi connectivity index (χ1v) is 9.24. The minimum absolute atomic E-state index is 0.256. The monoisotopic (exact) mass is 305 g/mol. The standard InChI is InChI=1S/C19H31NO2/c1-21-17-9-15(8-16(20)10-17)19(22-2)18-13-4-11-3-12(6-13)7-14(18)5-11/h11-17H,3-10,20H2,1-2H3. The van der Waals surface area contributed by atoms with E-state index in [-0.39, 0.29) is 6.04 Å². The van der Waals surface area contributed by atoms with Gasteiger partial charge < -0.3 is 15.2 Å². The van der Waals surface area contributed by atoms with Gasteiger partial charge in [-0.3, -0.25) is 0 Å². The maximum atomic E-state index is 6.30. The van der Waals surface area contributed by atoms with Crippen LogP contribution in [0.1, 0.15) is 51.4 Å². The van der Waals surface area contributed by atoms with Crippen LogP contribution in [0.5, 0.6) is 0 Å². The lowest BCUT2D eigenvalue weighted by Gasteiger charge is -2.52. The van der Waals surface area contributed by atoms with Crippen molar-refractivity contribution in [3.63, 3.8) is 0 Å². The molecule has 0 aromatic rings. The van der Waals surface area contributed by atoms with Crippen LogP contribution in [0, 0.1) is 29.6 Å². The molecular formula is C19H31NO2. The van der Waals surface area contributed by atoms with Crippen LogP contribution in [0.25, 0.3) is 0 Å². The predicted octanol–water partition coefficient (Wildman–Crippen LogP) is 3.49. The summed E-state index contributed by atoms with van der Waals surface area (Å²) >= 11 is 0. The van der Waals surface area contributed by atoms with Crippen molar-refractivity contribution in [2.24, 2.45) is 35.3 Å². The highest BCUT2D eigenvalue weighted by Crippen LogP contribution is 2.58. The van der Waals surface area contributed by atoms with Crippen molar-refractivity contribution >= 4 is 0 Å². The molecule has 0 heterocycles. The molecule has 3 atom stereocenters. The van der Waals surface area contributed by atoms with Crippen LogP contribution in [-0.2, 0) is 9.47 Å². The highest BCUT2D eigenvalue weighted by atomic mass is 16.5. The topological polar surface area (TPSA) is 44.5 Å². The van der Waals surface area contributed by atoms with Gasteiger partial charge in [-0.05, 0) is 80.6 Å². The van der Waals surface area contributed by atoms with Crippen LogP contribution in [-0.4, -0.2) is 26.4 Å². The molecule has 3 nitrogen and oxygen atoms in total. The van der Waals surface area contributed by atoms with Crippen molar-refractivity contribution in [2.75, 3.05) is 14.2 Å². The van der Waals surface area contributed by atoms with E-state index in [4.69, 9.17) is 15.2 Å². The Morgan fingerprint density at radius 2 is 1.50 bits per heavy atom. The molecular weight excluding hydrogens is 274 g/mol. The Hall–Kier alpha value is -0.540. The summed E-state index contributed by atoms with van der Waals surface area (Å²) in [6.45, 7) is 0. The van der Waals surface area contributed by atoms with E-state index in [1.807, 2.05) is 14.2 Å². The zero-order valence-corrected chi connectivity index (χ0v) is 14.1. The Morgan fingerprint density at radius 1 is 0.864 bits per heavy atom. The molecule has 124 valence electrons. The van der Waals surface area contributed by atoms with Gasteiger partial charge in [0.05, 0.1) is 19.0 Å². The fourth-order valence-electron chi connectivity index (χ4n) is 6.33. The van der Waals surface area contributed by atoms with Gasteiger partial charge in [-0.1, -0.05) is 0 Å². The van der Waals surface area contributed by atoms with Gasteiger partial charge in [0, 0.05) is 19.1 Å². The van der Waals surface area contributed by atoms with Gasteiger partial charge in [0.15, 0.2) is 0 Å². The summed E-state index contributed by atoms with van der Waals surface area (Å²) in [6.07, 6.45) is 10.6. The van der Waals surface area contributed by atoms with E-state index in [9.17, 15) is 0 Å². The average Bonchev–Trinajstić information content (AvgIpc) is 2.49. The highest BCUT2D eigenvalue weighted by Gasteiger charge is 2.47. The average molecular weight is 305 g/mol. The zero-order chi connectivity index (χ0) is 15.3. The molecule has 0 aliphatic heterocycles. The Labute approximate surface area is 134 Å². The first-order chi connectivity index (χ1) is 10.7. The third-order valence-corrected chi connectivity index (χ3v) is 6.93. The van der Waals surface area contributed by atoms with Gasteiger partial charge in [-0.15, -0.1) is 0 Å². The summed E-state index contributed by atoms with van der Waals surface area (Å²) in [5.41, 5.74) is 8.00. The quantitative estimate of drug-likeness (QED) is 0.812. The molecule has 0 aromatic carbocycles. The number of hydrogen-bond acceptors (Lipinski definition) is 3. The lowest BCUT2D eigenvalue weighted by molar-refractivity contribution is 0.0292. The summed E-state index contributed by atoms with van der Waals surface area (Å²) < 4.78 is 11.7. The molecule has 0 saturated heterocycles. The smallest absolute Gasteiger partial charge is 0.0985 e. The Kier molecular flexibility index (Phi) is 3.98. The Morgan fingerprint density at radius 3 is 2.05 bits per heavy atom. The van der Waals surface area contributed by atoms with Gasteiger partial charge >= 0.3 is 0 Å². The van der Waals surface area contributed by atoms with Crippen LogP contribution in [0.3, 0.4) is 0 Å². The van der Waals surface area contributed by atoms with Gasteiger partial charge in [0.25, 0.3) is 0 Å². The summed E-state index contributed by atoms with van der Waals surface area (Å²) in [5.74, 6) is 5.42. The third-order valence-electron chi connectivity index (χ3n) is 6.93. The maximum Gasteiger partial charge on any atom is 0.0985 e. The fraction of sp³-hybridized carbons (Fsp3) is 0.895. The summed E-state index contributed by atoms with van der Waals surface area (Å²) in [4.78, 5) is 0. The van der Waals surface area contributed by atoms with E-state index in [0.717, 1.165) is 42.9 Å². The Bertz CT molecular complexity index is 428. The SMILES string of the molecule is COC(=C1C2CC3CC(C2)CC1C3)C1CC(N)CC(OC)C1. The first kappa shape index (κ1) is 15.0. The van der Waals surface area contributed by atoms with Crippen molar-refractivity contribution in [3.05, 3.63) is 11.3 Å². The van der Waals surface area contributed by atoms with Crippen molar-refractivity contribution in [1.29, 1.82) is 0 Å². The number of ether oxygens (including phenoxy) is 2. The van der Waals surface area contributed by atoms with Gasteiger partial charge in [0.2, 0.25) is 0 Å². The molecule has 5 aliphatic rings. The molecule has 3 unspecified atom stereocenters. The summed E-state index contributed by atoms with van der Waals surface area (Å²) in [5, 5.41) is 0. The van der Waals surface area contributed by atoms with Crippen molar-refractivity contribution < 1.29 is 9.47 Å². The van der Waals surface area contributed by atoms with E-state index in [1.165, 1.54) is 37.9 Å². The molecule has 0 radical (unpaired) electrons. The Balaban J connectivity index is 1.63. The number of nitrogens with two attached hydrogens (primary N) is 1.